The van der Waals surface area contributed by atoms with E-state index < -0.39 is 23.8 Å². The minimum absolute atomic E-state index is 0.0359. The van der Waals surface area contributed by atoms with E-state index in [2.05, 4.69) is 29.5 Å². The summed E-state index contributed by atoms with van der Waals surface area (Å²) in [5, 5.41) is 4.30. The van der Waals surface area contributed by atoms with Crippen LogP contribution in [0.2, 0.25) is 32.0 Å². The topological polar surface area (TPSA) is 121 Å². The number of hydrogen-bond acceptors (Lipinski definition) is 7. The molecule has 0 saturated carbocycles. The molecule has 2 aliphatic heterocycles. The Kier molecular flexibility index (Phi) is 8.76. The maximum atomic E-state index is 13.1. The number of rotatable bonds is 12. The minimum Gasteiger partial charge on any atom is -0.403 e. The third-order valence-electron chi connectivity index (χ3n) is 7.60. The monoisotopic (exact) mass is 543 g/mol. The highest BCUT2D eigenvalue weighted by Gasteiger charge is 2.51. The molecule has 10 nitrogen and oxygen atoms in total. The zero-order chi connectivity index (χ0) is 27.0. The first kappa shape index (κ1) is 29.6. The highest BCUT2D eigenvalue weighted by Crippen LogP contribution is 2.39. The Morgan fingerprint density at radius 2 is 1.86 bits per heavy atom. The van der Waals surface area contributed by atoms with Gasteiger partial charge in [-0.1, -0.05) is 26.1 Å². The van der Waals surface area contributed by atoms with Crippen molar-refractivity contribution in [3.63, 3.8) is 0 Å². The van der Waals surface area contributed by atoms with E-state index in [0.29, 0.717) is 19.9 Å². The molecule has 0 spiro atoms. The highest BCUT2D eigenvalue weighted by atomic mass is 32.2. The van der Waals surface area contributed by atoms with Crippen LogP contribution < -0.4 is 10.5 Å². The van der Waals surface area contributed by atoms with Gasteiger partial charge in [0.15, 0.2) is 5.82 Å². The second-order valence-corrected chi connectivity index (χ2v) is 20.1. The van der Waals surface area contributed by atoms with Gasteiger partial charge in [-0.25, -0.2) is 4.68 Å². The molecule has 0 amide bonds. The lowest BCUT2D eigenvalue weighted by Crippen LogP contribution is -2.45. The van der Waals surface area contributed by atoms with Gasteiger partial charge in [0.1, 0.15) is 6.73 Å². The van der Waals surface area contributed by atoms with E-state index >= 15 is 0 Å². The molecule has 36 heavy (non-hydrogen) atoms. The SMILES string of the molecule is CC1(C)OB(CCC[C@H]2CN(S(=O)(=O)Nc3ccn(COCC[Si](C)(C)C)n3)C[C@]2(C)N)OC1(C)C. The van der Waals surface area contributed by atoms with Crippen molar-refractivity contribution < 1.29 is 22.5 Å². The molecule has 2 aliphatic rings. The number of nitrogens with zero attached hydrogens (tertiary/aromatic N) is 3. The summed E-state index contributed by atoms with van der Waals surface area (Å²) in [7, 11) is -5.19. The van der Waals surface area contributed by atoms with Crippen molar-refractivity contribution >= 4 is 31.2 Å². The molecule has 2 atom stereocenters. The zero-order valence-corrected chi connectivity index (χ0v) is 25.2. The smallest absolute Gasteiger partial charge is 0.403 e. The quantitative estimate of drug-likeness (QED) is 0.306. The van der Waals surface area contributed by atoms with Crippen molar-refractivity contribution in [2.45, 2.75) is 103 Å². The lowest BCUT2D eigenvalue weighted by Gasteiger charge is -2.32. The maximum absolute atomic E-state index is 13.1. The standard InChI is InChI=1S/C23H46BN5O5SSi/c1-21(2)22(3,4)34-24(33-21)12-9-10-19-16-29(17-23(19,5)25)35(30,31)27-20-11-13-28(26-20)18-32-14-15-36(6,7)8/h11,13,19H,9-10,12,14-18,25H2,1-8H3,(H,26,27)/t19-,23-/m0/s1. The van der Waals surface area contributed by atoms with Crippen LogP contribution >= 0.6 is 0 Å². The summed E-state index contributed by atoms with van der Waals surface area (Å²) in [4.78, 5) is 0. The summed E-state index contributed by atoms with van der Waals surface area (Å²) in [5.74, 6) is 0.306. The van der Waals surface area contributed by atoms with Crippen LogP contribution in [-0.4, -0.2) is 74.1 Å². The number of ether oxygens (including phenoxy) is 1. The molecule has 1 aromatic heterocycles. The van der Waals surface area contributed by atoms with Gasteiger partial charge < -0.3 is 19.8 Å². The average molecular weight is 544 g/mol. The molecule has 13 heteroatoms. The second kappa shape index (κ2) is 10.7. The van der Waals surface area contributed by atoms with Gasteiger partial charge in [-0.15, -0.1) is 0 Å². The van der Waals surface area contributed by atoms with Gasteiger partial charge in [0.2, 0.25) is 0 Å². The number of aromatic nitrogens is 2. The van der Waals surface area contributed by atoms with Gasteiger partial charge in [-0.3, -0.25) is 4.72 Å². The van der Waals surface area contributed by atoms with E-state index in [-0.39, 0.29) is 36.6 Å². The summed E-state index contributed by atoms with van der Waals surface area (Å²) >= 11 is 0. The van der Waals surface area contributed by atoms with Crippen LogP contribution in [0.25, 0.3) is 0 Å². The Labute approximate surface area is 218 Å². The fraction of sp³-hybridized carbons (Fsp3) is 0.870. The van der Waals surface area contributed by atoms with Crippen molar-refractivity contribution in [3.8, 4) is 0 Å². The van der Waals surface area contributed by atoms with Crippen molar-refractivity contribution in [2.24, 2.45) is 11.7 Å². The maximum Gasteiger partial charge on any atom is 0.457 e. The Balaban J connectivity index is 1.48. The Bertz CT molecular complexity index is 979. The van der Waals surface area contributed by atoms with Crippen LogP contribution in [0.1, 0.15) is 47.5 Å². The zero-order valence-electron chi connectivity index (χ0n) is 23.3. The molecule has 206 valence electrons. The molecule has 3 heterocycles. The van der Waals surface area contributed by atoms with Crippen molar-refractivity contribution in [3.05, 3.63) is 12.3 Å². The molecule has 0 aromatic carbocycles. The molecule has 0 bridgehead atoms. The molecule has 3 rings (SSSR count). The van der Waals surface area contributed by atoms with Crippen LogP contribution in [0.3, 0.4) is 0 Å². The van der Waals surface area contributed by atoms with E-state index in [4.69, 9.17) is 19.8 Å². The third kappa shape index (κ3) is 7.55. The molecular weight excluding hydrogens is 497 g/mol. The Morgan fingerprint density at radius 1 is 1.22 bits per heavy atom. The van der Waals surface area contributed by atoms with Crippen LogP contribution in [0, 0.1) is 5.92 Å². The summed E-state index contributed by atoms with van der Waals surface area (Å²) < 4.78 is 49.6. The molecule has 3 N–H and O–H groups in total. The second-order valence-electron chi connectivity index (χ2n) is 12.8. The number of nitrogens with one attached hydrogen (secondary N) is 1. The van der Waals surface area contributed by atoms with E-state index in [1.165, 1.54) is 4.31 Å². The minimum atomic E-state index is -3.78. The first-order valence-corrected chi connectivity index (χ1v) is 18.1. The summed E-state index contributed by atoms with van der Waals surface area (Å²) in [6.45, 7) is 18.6. The number of anilines is 1. The number of nitrogens with two attached hydrogens (primary N) is 1. The fourth-order valence-electron chi connectivity index (χ4n) is 4.47. The third-order valence-corrected chi connectivity index (χ3v) is 10.7. The van der Waals surface area contributed by atoms with Gasteiger partial charge in [-0.2, -0.15) is 17.8 Å². The molecule has 2 fully saturated rings. The molecule has 0 aliphatic carbocycles. The van der Waals surface area contributed by atoms with Crippen molar-refractivity contribution in [1.82, 2.24) is 14.1 Å². The Morgan fingerprint density at radius 3 is 2.47 bits per heavy atom. The summed E-state index contributed by atoms with van der Waals surface area (Å²) in [5.41, 5.74) is 5.24. The normalized spacial score (nSPS) is 26.6. The first-order chi connectivity index (χ1) is 16.4. The van der Waals surface area contributed by atoms with Gasteiger partial charge in [0.25, 0.3) is 0 Å². The van der Waals surface area contributed by atoms with Crippen LogP contribution in [-0.2, 0) is 31.0 Å². The van der Waals surface area contributed by atoms with E-state index in [0.717, 1.165) is 25.2 Å². The van der Waals surface area contributed by atoms with Crippen molar-refractivity contribution in [1.29, 1.82) is 0 Å². The summed E-state index contributed by atoms with van der Waals surface area (Å²) in [6, 6.07) is 2.71. The van der Waals surface area contributed by atoms with E-state index in [1.54, 1.807) is 16.9 Å². The number of hydrogen-bond donors (Lipinski definition) is 2. The van der Waals surface area contributed by atoms with Gasteiger partial charge in [0.05, 0.1) is 11.2 Å². The predicted molar refractivity (Wildman–Crippen MR) is 147 cm³/mol. The lowest BCUT2D eigenvalue weighted by atomic mass is 9.78. The fourth-order valence-corrected chi connectivity index (χ4v) is 6.55. The molecule has 1 aromatic rings. The largest absolute Gasteiger partial charge is 0.457 e. The summed E-state index contributed by atoms with van der Waals surface area (Å²) in [6.07, 6.45) is 4.11. The average Bonchev–Trinajstić information content (AvgIpc) is 3.32. The van der Waals surface area contributed by atoms with Gasteiger partial charge >= 0.3 is 17.3 Å². The van der Waals surface area contributed by atoms with Gasteiger partial charge in [0, 0.05) is 45.6 Å². The van der Waals surface area contributed by atoms with Crippen LogP contribution in [0.5, 0.6) is 0 Å². The predicted octanol–water partition coefficient (Wildman–Crippen LogP) is 3.37. The van der Waals surface area contributed by atoms with Gasteiger partial charge in [-0.05, 0) is 59.3 Å². The highest BCUT2D eigenvalue weighted by molar-refractivity contribution is 7.90. The lowest BCUT2D eigenvalue weighted by molar-refractivity contribution is 0.00578. The first-order valence-electron chi connectivity index (χ1n) is 12.9. The molecular formula is C23H46BN5O5SSi. The van der Waals surface area contributed by atoms with E-state index in [1.807, 2.05) is 34.6 Å². The van der Waals surface area contributed by atoms with Crippen LogP contribution in [0.4, 0.5) is 5.82 Å². The molecule has 0 radical (unpaired) electrons. The Hall–Kier alpha value is -0.958. The van der Waals surface area contributed by atoms with E-state index in [9.17, 15) is 8.42 Å². The van der Waals surface area contributed by atoms with Crippen molar-refractivity contribution in [2.75, 3.05) is 24.4 Å². The molecule has 0 unspecified atom stereocenters. The molecule has 2 saturated heterocycles. The van der Waals surface area contributed by atoms with Crippen LogP contribution in [0.15, 0.2) is 12.3 Å².